The lowest BCUT2D eigenvalue weighted by atomic mass is 10.0. The van der Waals surface area contributed by atoms with E-state index in [0.29, 0.717) is 47.3 Å². The van der Waals surface area contributed by atoms with Crippen molar-refractivity contribution >= 4 is 38.8 Å². The predicted molar refractivity (Wildman–Crippen MR) is 156 cm³/mol. The van der Waals surface area contributed by atoms with Crippen LogP contribution in [-0.2, 0) is 14.9 Å². The Kier molecular flexibility index (Phi) is 10.9. The first-order chi connectivity index (χ1) is 18.5. The fourth-order valence-corrected chi connectivity index (χ4v) is 4.75. The van der Waals surface area contributed by atoms with Crippen LogP contribution in [0.15, 0.2) is 69.2 Å². The number of nitrogens with one attached hydrogen (secondary N) is 2. The van der Waals surface area contributed by atoms with Crippen LogP contribution in [0.1, 0.15) is 35.7 Å². The molecule has 0 bridgehead atoms. The van der Waals surface area contributed by atoms with E-state index in [1.165, 1.54) is 0 Å². The molecule has 3 aromatic rings. The van der Waals surface area contributed by atoms with Gasteiger partial charge in [0.2, 0.25) is 0 Å². The number of para-hydroxylation sites is 1. The lowest BCUT2D eigenvalue weighted by Gasteiger charge is -2.23. The highest BCUT2D eigenvalue weighted by molar-refractivity contribution is 8.03. The van der Waals surface area contributed by atoms with Gasteiger partial charge in [-0.3, -0.25) is 14.1 Å². The van der Waals surface area contributed by atoms with E-state index in [1.54, 1.807) is 36.9 Å². The SMILES string of the molecule is CS(=O)(=O)O.Cc1c(-c2ccccc2)oc2c(C(=O)NCCCNCCOC3(C)CC=CS3)cccc2c1=O. The average Bonchev–Trinajstić information content (AvgIpc) is 3.33. The number of hydrogen-bond donors (Lipinski definition) is 3. The van der Waals surface area contributed by atoms with Gasteiger partial charge in [0.05, 0.1) is 23.8 Å². The second kappa shape index (κ2) is 13.9. The number of carbonyl (C=O) groups excluding carboxylic acids is 1. The molecule has 1 aromatic heterocycles. The Bertz CT molecular complexity index is 1450. The van der Waals surface area contributed by atoms with Crippen molar-refractivity contribution in [3.63, 3.8) is 0 Å². The summed E-state index contributed by atoms with van der Waals surface area (Å²) in [7, 11) is -3.67. The molecule has 0 saturated carbocycles. The van der Waals surface area contributed by atoms with Crippen LogP contribution in [0.4, 0.5) is 0 Å². The molecule has 0 fully saturated rings. The van der Waals surface area contributed by atoms with E-state index in [0.717, 1.165) is 31.5 Å². The Labute approximate surface area is 232 Å². The summed E-state index contributed by atoms with van der Waals surface area (Å²) in [5, 5.41) is 8.78. The quantitative estimate of drug-likeness (QED) is 0.238. The molecule has 210 valence electrons. The molecule has 0 spiro atoms. The molecule has 1 unspecified atom stereocenters. The minimum absolute atomic E-state index is 0.123. The average molecular weight is 575 g/mol. The summed E-state index contributed by atoms with van der Waals surface area (Å²) in [5.41, 5.74) is 1.90. The number of amides is 1. The van der Waals surface area contributed by atoms with Crippen LogP contribution < -0.4 is 16.1 Å². The minimum Gasteiger partial charge on any atom is -0.455 e. The van der Waals surface area contributed by atoms with Crippen LogP contribution in [-0.4, -0.2) is 56.3 Å². The Morgan fingerprint density at radius 1 is 1.13 bits per heavy atom. The van der Waals surface area contributed by atoms with Gasteiger partial charge in [-0.15, -0.1) is 0 Å². The van der Waals surface area contributed by atoms with Crippen LogP contribution >= 0.6 is 11.8 Å². The van der Waals surface area contributed by atoms with Gasteiger partial charge >= 0.3 is 0 Å². The van der Waals surface area contributed by atoms with E-state index in [1.807, 2.05) is 30.3 Å². The molecule has 0 radical (unpaired) electrons. The summed E-state index contributed by atoms with van der Waals surface area (Å²) in [5.74, 6) is 0.240. The van der Waals surface area contributed by atoms with E-state index in [-0.39, 0.29) is 16.3 Å². The highest BCUT2D eigenvalue weighted by atomic mass is 32.2. The lowest BCUT2D eigenvalue weighted by Crippen LogP contribution is -2.30. The zero-order valence-corrected chi connectivity index (χ0v) is 23.9. The van der Waals surface area contributed by atoms with Gasteiger partial charge in [0.15, 0.2) is 11.0 Å². The summed E-state index contributed by atoms with van der Waals surface area (Å²) in [6.07, 6.45) is 4.56. The van der Waals surface area contributed by atoms with Crippen LogP contribution in [0.2, 0.25) is 0 Å². The Hall–Kier alpha value is -2.96. The Balaban J connectivity index is 0.000000771. The van der Waals surface area contributed by atoms with Crippen molar-refractivity contribution in [3.8, 4) is 11.3 Å². The molecule has 3 N–H and O–H groups in total. The molecule has 1 atom stereocenters. The first-order valence-corrected chi connectivity index (χ1v) is 15.2. The van der Waals surface area contributed by atoms with Crippen molar-refractivity contribution in [2.24, 2.45) is 0 Å². The molecule has 4 rings (SSSR count). The molecule has 11 heteroatoms. The largest absolute Gasteiger partial charge is 0.455 e. The van der Waals surface area contributed by atoms with Gasteiger partial charge in [-0.2, -0.15) is 8.42 Å². The molecular formula is C28H34N2O7S2. The summed E-state index contributed by atoms with van der Waals surface area (Å²) in [6.45, 7) is 6.56. The number of fused-ring (bicyclic) bond motifs is 1. The Morgan fingerprint density at radius 3 is 2.51 bits per heavy atom. The molecule has 1 aliphatic heterocycles. The number of ether oxygens (including phenoxy) is 1. The number of hydrogen-bond acceptors (Lipinski definition) is 8. The number of thioether (sulfide) groups is 1. The maximum atomic E-state index is 13.0. The fourth-order valence-electron chi connectivity index (χ4n) is 3.92. The van der Waals surface area contributed by atoms with E-state index < -0.39 is 10.1 Å². The van der Waals surface area contributed by atoms with E-state index in [2.05, 4.69) is 29.0 Å². The molecule has 9 nitrogen and oxygen atoms in total. The summed E-state index contributed by atoms with van der Waals surface area (Å²) in [6, 6.07) is 14.6. The summed E-state index contributed by atoms with van der Waals surface area (Å²) < 4.78 is 37.9. The molecule has 1 amide bonds. The third kappa shape index (κ3) is 9.33. The number of benzene rings is 2. The second-order valence-corrected chi connectivity index (χ2v) is 12.0. The third-order valence-electron chi connectivity index (χ3n) is 5.83. The number of rotatable bonds is 10. The van der Waals surface area contributed by atoms with E-state index >= 15 is 0 Å². The van der Waals surface area contributed by atoms with Crippen LogP contribution in [0.3, 0.4) is 0 Å². The third-order valence-corrected chi connectivity index (χ3v) is 6.94. The van der Waals surface area contributed by atoms with Gasteiger partial charge in [0.25, 0.3) is 16.0 Å². The van der Waals surface area contributed by atoms with Gasteiger partial charge < -0.3 is 19.8 Å². The molecule has 0 saturated heterocycles. The monoisotopic (exact) mass is 574 g/mol. The van der Waals surface area contributed by atoms with Gasteiger partial charge in [-0.05, 0) is 44.4 Å². The van der Waals surface area contributed by atoms with E-state index in [4.69, 9.17) is 13.7 Å². The van der Waals surface area contributed by atoms with Crippen LogP contribution in [0, 0.1) is 6.92 Å². The van der Waals surface area contributed by atoms with Crippen LogP contribution in [0.5, 0.6) is 0 Å². The summed E-state index contributed by atoms with van der Waals surface area (Å²) >= 11 is 1.71. The first kappa shape index (κ1) is 30.6. The van der Waals surface area contributed by atoms with Gasteiger partial charge in [0, 0.05) is 30.6 Å². The van der Waals surface area contributed by atoms with Crippen molar-refractivity contribution in [2.75, 3.05) is 32.5 Å². The molecule has 2 heterocycles. The normalized spacial score (nSPS) is 16.6. The van der Waals surface area contributed by atoms with Crippen molar-refractivity contribution < 1.29 is 26.9 Å². The number of carbonyl (C=O) groups is 1. The molecule has 0 aliphatic carbocycles. The topological polar surface area (TPSA) is 135 Å². The summed E-state index contributed by atoms with van der Waals surface area (Å²) in [4.78, 5) is 25.7. The van der Waals surface area contributed by atoms with Crippen molar-refractivity contribution in [1.29, 1.82) is 0 Å². The second-order valence-electron chi connectivity index (χ2n) is 9.20. The molecular weight excluding hydrogens is 540 g/mol. The zero-order chi connectivity index (χ0) is 28.5. The minimum atomic E-state index is -3.67. The molecule has 39 heavy (non-hydrogen) atoms. The maximum Gasteiger partial charge on any atom is 0.261 e. The standard InChI is InChI=1S/C27H30N2O4S.CH4O3S/c1-19-23(30)21-11-6-12-22(25(21)33-24(19)20-9-4-3-5-10-20)26(31)29-15-8-14-28-16-17-32-27(2)13-7-18-34-27;1-5(2,3)4/h3-7,9-12,18,28H,8,13-17H2,1-2H3,(H,29,31);1H3,(H,2,3,4). The zero-order valence-electron chi connectivity index (χ0n) is 22.2. The smallest absolute Gasteiger partial charge is 0.261 e. The highest BCUT2D eigenvalue weighted by Crippen LogP contribution is 2.36. The van der Waals surface area contributed by atoms with Gasteiger partial charge in [-0.1, -0.05) is 54.2 Å². The highest BCUT2D eigenvalue weighted by Gasteiger charge is 2.26. The Morgan fingerprint density at radius 2 is 1.85 bits per heavy atom. The van der Waals surface area contributed by atoms with Gasteiger partial charge in [0.1, 0.15) is 10.7 Å². The van der Waals surface area contributed by atoms with Crippen LogP contribution in [0.25, 0.3) is 22.3 Å². The van der Waals surface area contributed by atoms with Crippen molar-refractivity contribution in [3.05, 3.63) is 81.4 Å². The molecule has 1 aliphatic rings. The lowest BCUT2D eigenvalue weighted by molar-refractivity contribution is 0.0454. The van der Waals surface area contributed by atoms with Crippen molar-refractivity contribution in [1.82, 2.24) is 10.6 Å². The fraction of sp³-hybridized carbons (Fsp3) is 0.357. The maximum absolute atomic E-state index is 13.0. The first-order valence-electron chi connectivity index (χ1n) is 12.5. The van der Waals surface area contributed by atoms with E-state index in [9.17, 15) is 18.0 Å². The predicted octanol–water partition coefficient (Wildman–Crippen LogP) is 4.37. The van der Waals surface area contributed by atoms with Crippen molar-refractivity contribution in [2.45, 2.75) is 31.6 Å². The molecule has 2 aromatic carbocycles. The van der Waals surface area contributed by atoms with Gasteiger partial charge in [-0.25, -0.2) is 0 Å².